The second-order valence-corrected chi connectivity index (χ2v) is 5.76. The molecule has 1 atom stereocenters. The highest BCUT2D eigenvalue weighted by atomic mass is 32.2. The average molecular weight is 279 g/mol. The first-order valence-corrected chi connectivity index (χ1v) is 8.08. The number of carbonyl (C=O) groups is 1. The summed E-state index contributed by atoms with van der Waals surface area (Å²) >= 11 is 1.57. The molecule has 4 nitrogen and oxygen atoms in total. The molecule has 2 heterocycles. The molecule has 0 radical (unpaired) electrons. The molecule has 1 aliphatic heterocycles. The lowest BCUT2D eigenvalue weighted by Gasteiger charge is -2.32. The zero-order valence-corrected chi connectivity index (χ0v) is 12.2. The van der Waals surface area contributed by atoms with Crippen LogP contribution in [0, 0.1) is 0 Å². The molecular formula is C14H21N3OS. The Kier molecular flexibility index (Phi) is 5.66. The van der Waals surface area contributed by atoms with Crippen molar-refractivity contribution in [2.24, 2.45) is 0 Å². The van der Waals surface area contributed by atoms with Crippen molar-refractivity contribution >= 4 is 17.7 Å². The molecule has 19 heavy (non-hydrogen) atoms. The summed E-state index contributed by atoms with van der Waals surface area (Å²) in [6.07, 6.45) is 6.00. The molecule has 1 fully saturated rings. The van der Waals surface area contributed by atoms with Gasteiger partial charge in [-0.3, -0.25) is 14.7 Å². The maximum absolute atomic E-state index is 11.6. The first kappa shape index (κ1) is 14.3. The Morgan fingerprint density at radius 2 is 2.47 bits per heavy atom. The third-order valence-corrected chi connectivity index (χ3v) is 3.81. The van der Waals surface area contributed by atoms with Gasteiger partial charge in [0.15, 0.2) is 0 Å². The maximum Gasteiger partial charge on any atom is 0.230 e. The highest BCUT2D eigenvalue weighted by molar-refractivity contribution is 7.99. The molecule has 1 aliphatic rings. The van der Waals surface area contributed by atoms with Crippen LogP contribution >= 0.6 is 11.8 Å². The fourth-order valence-corrected chi connectivity index (χ4v) is 2.78. The Bertz CT molecular complexity index is 399. The number of hydrogen-bond donors (Lipinski definition) is 1. The highest BCUT2D eigenvalue weighted by Crippen LogP contribution is 2.13. The van der Waals surface area contributed by atoms with Gasteiger partial charge in [0.25, 0.3) is 0 Å². The van der Waals surface area contributed by atoms with Crippen LogP contribution in [0.4, 0.5) is 0 Å². The monoisotopic (exact) mass is 279 g/mol. The number of nitrogens with zero attached hydrogens (tertiary/aromatic N) is 2. The molecule has 1 N–H and O–H groups in total. The molecule has 1 amide bonds. The van der Waals surface area contributed by atoms with Gasteiger partial charge in [0.1, 0.15) is 0 Å². The van der Waals surface area contributed by atoms with E-state index in [2.05, 4.69) is 21.3 Å². The van der Waals surface area contributed by atoms with E-state index in [4.69, 9.17) is 0 Å². The van der Waals surface area contributed by atoms with E-state index in [1.54, 1.807) is 11.8 Å². The number of rotatable bonds is 5. The van der Waals surface area contributed by atoms with Crippen LogP contribution in [0.1, 0.15) is 18.5 Å². The summed E-state index contributed by atoms with van der Waals surface area (Å²) in [5.41, 5.74) is 1.10. The molecule has 0 aliphatic carbocycles. The van der Waals surface area contributed by atoms with E-state index < -0.39 is 0 Å². The van der Waals surface area contributed by atoms with Crippen LogP contribution in [0.5, 0.6) is 0 Å². The van der Waals surface area contributed by atoms with Crippen molar-refractivity contribution < 1.29 is 4.79 Å². The van der Waals surface area contributed by atoms with Gasteiger partial charge in [-0.25, -0.2) is 0 Å². The van der Waals surface area contributed by atoms with Crippen molar-refractivity contribution in [1.29, 1.82) is 0 Å². The molecule has 0 bridgehead atoms. The highest BCUT2D eigenvalue weighted by Gasteiger charge is 2.21. The van der Waals surface area contributed by atoms with E-state index in [1.165, 1.54) is 0 Å². The van der Waals surface area contributed by atoms with Gasteiger partial charge in [-0.2, -0.15) is 11.8 Å². The summed E-state index contributed by atoms with van der Waals surface area (Å²) in [6.45, 7) is 2.89. The van der Waals surface area contributed by atoms with Gasteiger partial charge in [0.05, 0.1) is 11.4 Å². The van der Waals surface area contributed by atoms with E-state index in [0.717, 1.165) is 38.2 Å². The zero-order chi connectivity index (χ0) is 13.5. The normalized spacial score (nSPS) is 20.2. The third-order valence-electron chi connectivity index (χ3n) is 3.26. The molecule has 0 spiro atoms. The minimum absolute atomic E-state index is 0.150. The number of carbonyl (C=O) groups excluding carboxylic acids is 1. The van der Waals surface area contributed by atoms with E-state index in [0.29, 0.717) is 5.75 Å². The molecule has 1 aromatic heterocycles. The van der Waals surface area contributed by atoms with Gasteiger partial charge in [0, 0.05) is 25.3 Å². The van der Waals surface area contributed by atoms with Gasteiger partial charge in [0.2, 0.25) is 5.91 Å². The van der Waals surface area contributed by atoms with Crippen molar-refractivity contribution in [3.05, 3.63) is 30.1 Å². The van der Waals surface area contributed by atoms with Gasteiger partial charge >= 0.3 is 0 Å². The van der Waals surface area contributed by atoms with Crippen LogP contribution in [0.15, 0.2) is 24.4 Å². The summed E-state index contributed by atoms with van der Waals surface area (Å²) in [5, 5.41) is 3.11. The Labute approximate surface area is 119 Å². The van der Waals surface area contributed by atoms with E-state index in [1.807, 2.05) is 24.6 Å². The van der Waals surface area contributed by atoms with Crippen LogP contribution in [0.2, 0.25) is 0 Å². The Balaban J connectivity index is 1.82. The number of amides is 1. The summed E-state index contributed by atoms with van der Waals surface area (Å²) in [4.78, 5) is 18.3. The third kappa shape index (κ3) is 4.84. The molecule has 5 heteroatoms. The van der Waals surface area contributed by atoms with Gasteiger partial charge in [-0.1, -0.05) is 6.07 Å². The molecule has 0 aromatic carbocycles. The molecule has 0 unspecified atom stereocenters. The number of pyridine rings is 1. The van der Waals surface area contributed by atoms with E-state index in [-0.39, 0.29) is 11.9 Å². The van der Waals surface area contributed by atoms with Crippen LogP contribution in [0.25, 0.3) is 0 Å². The van der Waals surface area contributed by atoms with Crippen molar-refractivity contribution in [3.63, 3.8) is 0 Å². The number of aromatic nitrogens is 1. The molecule has 104 valence electrons. The van der Waals surface area contributed by atoms with Crippen molar-refractivity contribution in [2.75, 3.05) is 25.1 Å². The maximum atomic E-state index is 11.6. The number of nitrogens with one attached hydrogen (secondary N) is 1. The lowest BCUT2D eigenvalue weighted by molar-refractivity contribution is -0.119. The number of likely N-dealkylation sites (tertiary alicyclic amines) is 1. The second-order valence-electron chi connectivity index (χ2n) is 4.90. The topological polar surface area (TPSA) is 45.2 Å². The quantitative estimate of drug-likeness (QED) is 0.888. The van der Waals surface area contributed by atoms with E-state index in [9.17, 15) is 4.79 Å². The fourth-order valence-electron chi connectivity index (χ4n) is 2.44. The Hall–Kier alpha value is -1.07. The SMILES string of the molecule is CSCC(=O)N[C@H]1CCCN(Cc2ccccn2)C1. The van der Waals surface area contributed by atoms with E-state index >= 15 is 0 Å². The van der Waals surface area contributed by atoms with Crippen LogP contribution in [-0.2, 0) is 11.3 Å². The molecule has 1 saturated heterocycles. The summed E-state index contributed by atoms with van der Waals surface area (Å²) in [6, 6.07) is 6.29. The first-order valence-electron chi connectivity index (χ1n) is 6.68. The van der Waals surface area contributed by atoms with Crippen molar-refractivity contribution in [2.45, 2.75) is 25.4 Å². The number of hydrogen-bond acceptors (Lipinski definition) is 4. The Morgan fingerprint density at radius 3 is 3.21 bits per heavy atom. The minimum atomic E-state index is 0.150. The average Bonchev–Trinajstić information content (AvgIpc) is 2.40. The Morgan fingerprint density at radius 1 is 1.58 bits per heavy atom. The van der Waals surface area contributed by atoms with Gasteiger partial charge < -0.3 is 5.32 Å². The van der Waals surface area contributed by atoms with Crippen LogP contribution in [0.3, 0.4) is 0 Å². The lowest BCUT2D eigenvalue weighted by Crippen LogP contribution is -2.47. The molecule has 0 saturated carbocycles. The first-order chi connectivity index (χ1) is 9.28. The largest absolute Gasteiger partial charge is 0.351 e. The van der Waals surface area contributed by atoms with Crippen molar-refractivity contribution in [3.8, 4) is 0 Å². The van der Waals surface area contributed by atoms with Crippen molar-refractivity contribution in [1.82, 2.24) is 15.2 Å². The number of piperidine rings is 1. The van der Waals surface area contributed by atoms with Gasteiger partial charge in [-0.05, 0) is 37.8 Å². The standard InChI is InChI=1S/C14H21N3OS/c1-19-11-14(18)16-13-6-4-8-17(10-13)9-12-5-2-3-7-15-12/h2-3,5,7,13H,4,6,8-11H2,1H3,(H,16,18)/t13-/m0/s1. The molecule has 1 aromatic rings. The number of thioether (sulfide) groups is 1. The van der Waals surface area contributed by atoms with Crippen LogP contribution in [-0.4, -0.2) is 46.9 Å². The minimum Gasteiger partial charge on any atom is -0.351 e. The smallest absolute Gasteiger partial charge is 0.230 e. The lowest BCUT2D eigenvalue weighted by atomic mass is 10.1. The second kappa shape index (κ2) is 7.50. The molecule has 2 rings (SSSR count). The molecular weight excluding hydrogens is 258 g/mol. The predicted molar refractivity (Wildman–Crippen MR) is 79.1 cm³/mol. The summed E-state index contributed by atoms with van der Waals surface area (Å²) in [5.74, 6) is 0.702. The predicted octanol–water partition coefficient (Wildman–Crippen LogP) is 1.53. The summed E-state index contributed by atoms with van der Waals surface area (Å²) in [7, 11) is 0. The zero-order valence-electron chi connectivity index (χ0n) is 11.3. The fraction of sp³-hybridized carbons (Fsp3) is 0.571. The summed E-state index contributed by atoms with van der Waals surface area (Å²) < 4.78 is 0. The van der Waals surface area contributed by atoms with Gasteiger partial charge in [-0.15, -0.1) is 0 Å². The van der Waals surface area contributed by atoms with Crippen LogP contribution < -0.4 is 5.32 Å².